The van der Waals surface area contributed by atoms with Gasteiger partial charge in [0.05, 0.1) is 11.4 Å². The molecule has 1 N–H and O–H groups in total. The maximum absolute atomic E-state index is 12.4. The standard InChI is InChI=1S/C22H29N5OS/c1-16-14-27-18(19(23-21(27)29-16)17-8-6-5-7-9-17)15-25-10-12-26(13-11-25)20(28)24-22(2,3)4/h5-9,14H,10-13,15H2,1-4H3,(H,24,28). The molecule has 3 heterocycles. The lowest BCUT2D eigenvalue weighted by Crippen LogP contribution is -2.54. The van der Waals surface area contributed by atoms with Gasteiger partial charge in [-0.1, -0.05) is 30.3 Å². The zero-order valence-corrected chi connectivity index (χ0v) is 18.4. The van der Waals surface area contributed by atoms with Crippen LogP contribution in [0.1, 0.15) is 31.3 Å². The summed E-state index contributed by atoms with van der Waals surface area (Å²) in [7, 11) is 0. The molecule has 0 bridgehead atoms. The molecule has 29 heavy (non-hydrogen) atoms. The summed E-state index contributed by atoms with van der Waals surface area (Å²) in [5, 5.41) is 3.06. The number of rotatable bonds is 3. The SMILES string of the molecule is Cc1cn2c(CN3CCN(C(=O)NC(C)(C)C)CC3)c(-c3ccccc3)nc2s1. The molecule has 1 aromatic carbocycles. The predicted molar refractivity (Wildman–Crippen MR) is 118 cm³/mol. The molecule has 1 aliphatic rings. The third-order valence-corrected chi connectivity index (χ3v) is 6.00. The zero-order chi connectivity index (χ0) is 20.6. The molecule has 1 aliphatic heterocycles. The highest BCUT2D eigenvalue weighted by Gasteiger charge is 2.26. The maximum Gasteiger partial charge on any atom is 0.317 e. The molecule has 0 saturated carbocycles. The molecule has 2 amide bonds. The first-order valence-corrected chi connectivity index (χ1v) is 10.9. The van der Waals surface area contributed by atoms with Gasteiger partial charge in [-0.25, -0.2) is 9.78 Å². The van der Waals surface area contributed by atoms with Gasteiger partial charge in [0.15, 0.2) is 4.96 Å². The number of imidazole rings is 1. The second-order valence-corrected chi connectivity index (χ2v) is 9.92. The van der Waals surface area contributed by atoms with Crippen molar-refractivity contribution in [3.63, 3.8) is 0 Å². The summed E-state index contributed by atoms with van der Waals surface area (Å²) in [4.78, 5) is 24.0. The summed E-state index contributed by atoms with van der Waals surface area (Å²) in [6, 6.07) is 10.4. The van der Waals surface area contributed by atoms with Gasteiger partial charge in [-0.15, -0.1) is 11.3 Å². The van der Waals surface area contributed by atoms with Crippen LogP contribution >= 0.6 is 11.3 Å². The van der Waals surface area contributed by atoms with Crippen LogP contribution in [0.4, 0.5) is 4.79 Å². The molecule has 0 radical (unpaired) electrons. The molecule has 0 unspecified atom stereocenters. The highest BCUT2D eigenvalue weighted by atomic mass is 32.1. The summed E-state index contributed by atoms with van der Waals surface area (Å²) < 4.78 is 2.24. The summed E-state index contributed by atoms with van der Waals surface area (Å²) >= 11 is 1.73. The molecule has 7 heteroatoms. The first-order valence-electron chi connectivity index (χ1n) is 10.1. The van der Waals surface area contributed by atoms with Crippen molar-refractivity contribution < 1.29 is 4.79 Å². The van der Waals surface area contributed by atoms with E-state index in [4.69, 9.17) is 4.98 Å². The van der Waals surface area contributed by atoms with Crippen LogP contribution < -0.4 is 5.32 Å². The number of nitrogens with one attached hydrogen (secondary N) is 1. The third-order valence-electron chi connectivity index (χ3n) is 5.10. The zero-order valence-electron chi connectivity index (χ0n) is 17.6. The van der Waals surface area contributed by atoms with Crippen LogP contribution in [0, 0.1) is 6.92 Å². The van der Waals surface area contributed by atoms with Crippen LogP contribution in [0.15, 0.2) is 36.5 Å². The lowest BCUT2D eigenvalue weighted by atomic mass is 10.1. The van der Waals surface area contributed by atoms with Gasteiger partial charge in [-0.3, -0.25) is 9.30 Å². The Morgan fingerprint density at radius 1 is 1.14 bits per heavy atom. The van der Waals surface area contributed by atoms with Crippen LogP contribution in [-0.2, 0) is 6.54 Å². The van der Waals surface area contributed by atoms with Gasteiger partial charge in [-0.2, -0.15) is 0 Å². The summed E-state index contributed by atoms with van der Waals surface area (Å²) in [5.41, 5.74) is 3.23. The molecule has 1 fully saturated rings. The minimum absolute atomic E-state index is 0.0299. The van der Waals surface area contributed by atoms with E-state index in [9.17, 15) is 4.79 Å². The largest absolute Gasteiger partial charge is 0.333 e. The number of hydrogen-bond acceptors (Lipinski definition) is 4. The number of aryl methyl sites for hydroxylation is 1. The predicted octanol–water partition coefficient (Wildman–Crippen LogP) is 4.00. The quantitative estimate of drug-likeness (QED) is 0.709. The summed E-state index contributed by atoms with van der Waals surface area (Å²) in [6.07, 6.45) is 2.18. The second kappa shape index (κ2) is 7.80. The fourth-order valence-electron chi connectivity index (χ4n) is 3.70. The van der Waals surface area contributed by atoms with Crippen LogP contribution in [0.5, 0.6) is 0 Å². The van der Waals surface area contributed by atoms with Crippen molar-refractivity contribution in [2.75, 3.05) is 26.2 Å². The molecular formula is C22H29N5OS. The Labute approximate surface area is 176 Å². The molecule has 4 rings (SSSR count). The number of carbonyl (C=O) groups is 1. The lowest BCUT2D eigenvalue weighted by molar-refractivity contribution is 0.130. The third kappa shape index (κ3) is 4.46. The Bertz CT molecular complexity index is 994. The number of piperazine rings is 1. The van der Waals surface area contributed by atoms with Gasteiger partial charge in [0.25, 0.3) is 0 Å². The van der Waals surface area contributed by atoms with Crippen LogP contribution in [0.25, 0.3) is 16.2 Å². The first kappa shape index (κ1) is 19.9. The van der Waals surface area contributed by atoms with Gasteiger partial charge >= 0.3 is 6.03 Å². The number of amides is 2. The number of carbonyl (C=O) groups excluding carboxylic acids is 1. The van der Waals surface area contributed by atoms with Crippen molar-refractivity contribution >= 4 is 22.3 Å². The minimum atomic E-state index is -0.210. The van der Waals surface area contributed by atoms with E-state index in [2.05, 4.69) is 52.0 Å². The Kier molecular flexibility index (Phi) is 5.36. The number of benzene rings is 1. The number of nitrogens with zero attached hydrogens (tertiary/aromatic N) is 4. The van der Waals surface area contributed by atoms with E-state index in [0.29, 0.717) is 0 Å². The number of aromatic nitrogens is 2. The molecular weight excluding hydrogens is 382 g/mol. The van der Waals surface area contributed by atoms with E-state index < -0.39 is 0 Å². The number of thiazole rings is 1. The van der Waals surface area contributed by atoms with E-state index in [-0.39, 0.29) is 11.6 Å². The molecule has 0 spiro atoms. The Hall–Kier alpha value is -2.38. The molecule has 6 nitrogen and oxygen atoms in total. The van der Waals surface area contributed by atoms with E-state index in [0.717, 1.165) is 48.9 Å². The van der Waals surface area contributed by atoms with Crippen molar-refractivity contribution in [1.82, 2.24) is 24.5 Å². The van der Waals surface area contributed by atoms with E-state index in [1.807, 2.05) is 31.7 Å². The van der Waals surface area contributed by atoms with Crippen molar-refractivity contribution in [2.45, 2.75) is 39.8 Å². The average Bonchev–Trinajstić information content (AvgIpc) is 3.19. The lowest BCUT2D eigenvalue weighted by Gasteiger charge is -2.36. The maximum atomic E-state index is 12.4. The molecule has 154 valence electrons. The van der Waals surface area contributed by atoms with E-state index in [1.165, 1.54) is 10.6 Å². The van der Waals surface area contributed by atoms with Crippen LogP contribution in [0.3, 0.4) is 0 Å². The normalized spacial score (nSPS) is 15.8. The molecule has 2 aromatic heterocycles. The first-order chi connectivity index (χ1) is 13.8. The van der Waals surface area contributed by atoms with Gasteiger partial charge in [0, 0.05) is 54.9 Å². The van der Waals surface area contributed by atoms with Gasteiger partial charge in [-0.05, 0) is 27.7 Å². The molecule has 0 aliphatic carbocycles. The second-order valence-electron chi connectivity index (χ2n) is 8.71. The van der Waals surface area contributed by atoms with Crippen molar-refractivity contribution in [2.24, 2.45) is 0 Å². The minimum Gasteiger partial charge on any atom is -0.333 e. The van der Waals surface area contributed by atoms with E-state index >= 15 is 0 Å². The van der Waals surface area contributed by atoms with Crippen molar-refractivity contribution in [3.8, 4) is 11.3 Å². The average molecular weight is 412 g/mol. The van der Waals surface area contributed by atoms with Crippen molar-refractivity contribution in [1.29, 1.82) is 0 Å². The number of urea groups is 1. The summed E-state index contributed by atoms with van der Waals surface area (Å²) in [6.45, 7) is 12.2. The van der Waals surface area contributed by atoms with Crippen LogP contribution in [-0.4, -0.2) is 56.9 Å². The highest BCUT2D eigenvalue weighted by Crippen LogP contribution is 2.29. The topological polar surface area (TPSA) is 52.9 Å². The van der Waals surface area contributed by atoms with Gasteiger partial charge in [0.1, 0.15) is 0 Å². The fourth-order valence-corrected chi connectivity index (χ4v) is 4.54. The smallest absolute Gasteiger partial charge is 0.317 e. The monoisotopic (exact) mass is 411 g/mol. The van der Waals surface area contributed by atoms with Gasteiger partial charge < -0.3 is 10.2 Å². The highest BCUT2D eigenvalue weighted by molar-refractivity contribution is 7.17. The van der Waals surface area contributed by atoms with Crippen molar-refractivity contribution in [3.05, 3.63) is 47.1 Å². The number of fused-ring (bicyclic) bond motifs is 1. The Morgan fingerprint density at radius 2 is 1.83 bits per heavy atom. The molecule has 1 saturated heterocycles. The Balaban J connectivity index is 1.51. The molecule has 3 aromatic rings. The molecule has 0 atom stereocenters. The van der Waals surface area contributed by atoms with Crippen LogP contribution in [0.2, 0.25) is 0 Å². The fraction of sp³-hybridized carbons (Fsp3) is 0.455. The number of hydrogen-bond donors (Lipinski definition) is 1. The van der Waals surface area contributed by atoms with E-state index in [1.54, 1.807) is 11.3 Å². The summed E-state index contributed by atoms with van der Waals surface area (Å²) in [5.74, 6) is 0. The van der Waals surface area contributed by atoms with Gasteiger partial charge in [0.2, 0.25) is 0 Å². The Morgan fingerprint density at radius 3 is 2.48 bits per heavy atom.